The minimum absolute atomic E-state index is 0.702. The van der Waals surface area contributed by atoms with Crippen LogP contribution in [-0.4, -0.2) is 13.7 Å². The largest absolute Gasteiger partial charge is 0.497 e. The standard InChI is InChI=1S/C13H20O2/c1-3-4-5-10-15-11-12-6-8-13(14-2)9-7-12/h6-9H,3-5,10-11H2,1-2H3. The molecule has 0 bridgehead atoms. The monoisotopic (exact) mass is 208 g/mol. The predicted molar refractivity (Wildman–Crippen MR) is 62.2 cm³/mol. The minimum Gasteiger partial charge on any atom is -0.497 e. The molecule has 0 aromatic heterocycles. The average molecular weight is 208 g/mol. The molecule has 1 aromatic rings. The van der Waals surface area contributed by atoms with Gasteiger partial charge in [-0.05, 0) is 24.1 Å². The first kappa shape index (κ1) is 12.1. The smallest absolute Gasteiger partial charge is 0.118 e. The van der Waals surface area contributed by atoms with Crippen molar-refractivity contribution in [3.63, 3.8) is 0 Å². The molecule has 0 spiro atoms. The highest BCUT2D eigenvalue weighted by atomic mass is 16.5. The van der Waals surface area contributed by atoms with Crippen LogP contribution in [0.1, 0.15) is 31.7 Å². The highest BCUT2D eigenvalue weighted by Gasteiger charge is 1.94. The number of ether oxygens (including phenoxy) is 2. The summed E-state index contributed by atoms with van der Waals surface area (Å²) in [7, 11) is 1.68. The summed E-state index contributed by atoms with van der Waals surface area (Å²) in [5.74, 6) is 0.893. The minimum atomic E-state index is 0.702. The van der Waals surface area contributed by atoms with Crippen molar-refractivity contribution < 1.29 is 9.47 Å². The van der Waals surface area contributed by atoms with Crippen LogP contribution in [0.4, 0.5) is 0 Å². The van der Waals surface area contributed by atoms with Crippen LogP contribution in [0.5, 0.6) is 5.75 Å². The normalized spacial score (nSPS) is 10.3. The molecule has 0 aliphatic carbocycles. The summed E-state index contributed by atoms with van der Waals surface area (Å²) in [5.41, 5.74) is 1.20. The van der Waals surface area contributed by atoms with E-state index in [4.69, 9.17) is 9.47 Å². The summed E-state index contributed by atoms with van der Waals surface area (Å²) in [6, 6.07) is 8.01. The second kappa shape index (κ2) is 7.30. The Hall–Kier alpha value is -1.02. The summed E-state index contributed by atoms with van der Waals surface area (Å²) in [6.45, 7) is 3.76. The van der Waals surface area contributed by atoms with Crippen LogP contribution in [0.15, 0.2) is 24.3 Å². The van der Waals surface area contributed by atoms with Crippen LogP contribution in [0, 0.1) is 0 Å². The fraction of sp³-hybridized carbons (Fsp3) is 0.538. The maximum atomic E-state index is 5.55. The van der Waals surface area contributed by atoms with Gasteiger partial charge in [-0.15, -0.1) is 0 Å². The molecule has 2 nitrogen and oxygen atoms in total. The van der Waals surface area contributed by atoms with Gasteiger partial charge in [0.05, 0.1) is 13.7 Å². The van der Waals surface area contributed by atoms with Gasteiger partial charge in [-0.1, -0.05) is 31.9 Å². The van der Waals surface area contributed by atoms with Crippen LogP contribution in [0.3, 0.4) is 0 Å². The molecular formula is C13H20O2. The Morgan fingerprint density at radius 1 is 1.07 bits per heavy atom. The van der Waals surface area contributed by atoms with Crippen molar-refractivity contribution in [2.75, 3.05) is 13.7 Å². The summed E-state index contributed by atoms with van der Waals surface area (Å²) in [6.07, 6.45) is 3.65. The van der Waals surface area contributed by atoms with Crippen LogP contribution < -0.4 is 4.74 Å². The molecule has 0 N–H and O–H groups in total. The van der Waals surface area contributed by atoms with Gasteiger partial charge < -0.3 is 9.47 Å². The summed E-state index contributed by atoms with van der Waals surface area (Å²) >= 11 is 0. The Morgan fingerprint density at radius 3 is 2.40 bits per heavy atom. The Morgan fingerprint density at radius 2 is 1.80 bits per heavy atom. The first-order chi connectivity index (χ1) is 7.36. The third kappa shape index (κ3) is 4.84. The van der Waals surface area contributed by atoms with Crippen LogP contribution in [0.25, 0.3) is 0 Å². The number of hydrogen-bond donors (Lipinski definition) is 0. The van der Waals surface area contributed by atoms with E-state index in [0.29, 0.717) is 6.61 Å². The lowest BCUT2D eigenvalue weighted by molar-refractivity contribution is 0.117. The van der Waals surface area contributed by atoms with Crippen molar-refractivity contribution in [1.29, 1.82) is 0 Å². The summed E-state index contributed by atoms with van der Waals surface area (Å²) in [5, 5.41) is 0. The maximum absolute atomic E-state index is 5.55. The van der Waals surface area contributed by atoms with Crippen molar-refractivity contribution >= 4 is 0 Å². The Balaban J connectivity index is 2.20. The lowest BCUT2D eigenvalue weighted by Gasteiger charge is -2.05. The van der Waals surface area contributed by atoms with Gasteiger partial charge in [-0.3, -0.25) is 0 Å². The van der Waals surface area contributed by atoms with Gasteiger partial charge in [-0.2, -0.15) is 0 Å². The van der Waals surface area contributed by atoms with Crippen LogP contribution >= 0.6 is 0 Å². The molecule has 0 atom stereocenters. The Labute approximate surface area is 92.2 Å². The van der Waals surface area contributed by atoms with E-state index in [9.17, 15) is 0 Å². The van der Waals surface area contributed by atoms with Gasteiger partial charge in [0, 0.05) is 6.61 Å². The molecule has 0 aliphatic heterocycles. The molecule has 84 valence electrons. The molecule has 0 aliphatic rings. The molecule has 0 amide bonds. The topological polar surface area (TPSA) is 18.5 Å². The second-order valence-electron chi connectivity index (χ2n) is 3.61. The summed E-state index contributed by atoms with van der Waals surface area (Å²) < 4.78 is 10.6. The quantitative estimate of drug-likeness (QED) is 0.639. The average Bonchev–Trinajstić information content (AvgIpc) is 2.30. The van der Waals surface area contributed by atoms with E-state index < -0.39 is 0 Å². The second-order valence-corrected chi connectivity index (χ2v) is 3.61. The van der Waals surface area contributed by atoms with Gasteiger partial charge >= 0.3 is 0 Å². The lowest BCUT2D eigenvalue weighted by atomic mass is 10.2. The van der Waals surface area contributed by atoms with E-state index in [2.05, 4.69) is 6.92 Å². The van der Waals surface area contributed by atoms with Crippen molar-refractivity contribution in [2.24, 2.45) is 0 Å². The molecule has 0 heterocycles. The number of hydrogen-bond acceptors (Lipinski definition) is 2. The molecule has 0 saturated heterocycles. The van der Waals surface area contributed by atoms with Gasteiger partial charge in [0.1, 0.15) is 5.75 Å². The van der Waals surface area contributed by atoms with E-state index in [0.717, 1.165) is 18.8 Å². The van der Waals surface area contributed by atoms with Gasteiger partial charge in [0.15, 0.2) is 0 Å². The van der Waals surface area contributed by atoms with E-state index in [1.807, 2.05) is 24.3 Å². The van der Waals surface area contributed by atoms with Gasteiger partial charge in [0.2, 0.25) is 0 Å². The van der Waals surface area contributed by atoms with E-state index in [1.165, 1.54) is 18.4 Å². The predicted octanol–water partition coefficient (Wildman–Crippen LogP) is 3.40. The Kier molecular flexibility index (Phi) is 5.86. The lowest BCUT2D eigenvalue weighted by Crippen LogP contribution is -1.95. The van der Waals surface area contributed by atoms with Crippen molar-refractivity contribution in [3.05, 3.63) is 29.8 Å². The zero-order valence-corrected chi connectivity index (χ0v) is 9.66. The Bertz CT molecular complexity index is 254. The fourth-order valence-corrected chi connectivity index (χ4v) is 1.37. The molecule has 0 fully saturated rings. The zero-order chi connectivity index (χ0) is 10.9. The molecule has 0 saturated carbocycles. The van der Waals surface area contributed by atoms with Crippen molar-refractivity contribution in [1.82, 2.24) is 0 Å². The van der Waals surface area contributed by atoms with Gasteiger partial charge in [-0.25, -0.2) is 0 Å². The van der Waals surface area contributed by atoms with Gasteiger partial charge in [0.25, 0.3) is 0 Å². The molecule has 15 heavy (non-hydrogen) atoms. The zero-order valence-electron chi connectivity index (χ0n) is 9.66. The highest BCUT2D eigenvalue weighted by molar-refractivity contribution is 5.26. The first-order valence-electron chi connectivity index (χ1n) is 5.57. The highest BCUT2D eigenvalue weighted by Crippen LogP contribution is 2.12. The van der Waals surface area contributed by atoms with Crippen molar-refractivity contribution in [2.45, 2.75) is 32.8 Å². The number of unbranched alkanes of at least 4 members (excludes halogenated alkanes) is 2. The van der Waals surface area contributed by atoms with Crippen molar-refractivity contribution in [3.8, 4) is 5.75 Å². The SMILES string of the molecule is CCCCCOCc1ccc(OC)cc1. The fourth-order valence-electron chi connectivity index (χ4n) is 1.37. The molecule has 1 rings (SSSR count). The third-order valence-electron chi connectivity index (χ3n) is 2.32. The van der Waals surface area contributed by atoms with Crippen LogP contribution in [-0.2, 0) is 11.3 Å². The maximum Gasteiger partial charge on any atom is 0.118 e. The first-order valence-corrected chi connectivity index (χ1v) is 5.57. The number of methoxy groups -OCH3 is 1. The summed E-state index contributed by atoms with van der Waals surface area (Å²) in [4.78, 5) is 0. The third-order valence-corrected chi connectivity index (χ3v) is 2.32. The van der Waals surface area contributed by atoms with Crippen LogP contribution in [0.2, 0.25) is 0 Å². The van der Waals surface area contributed by atoms with E-state index in [-0.39, 0.29) is 0 Å². The van der Waals surface area contributed by atoms with E-state index >= 15 is 0 Å². The molecule has 2 heteroatoms. The number of rotatable bonds is 7. The molecule has 0 unspecified atom stereocenters. The number of benzene rings is 1. The molecule has 0 radical (unpaired) electrons. The molecular weight excluding hydrogens is 188 g/mol. The molecule has 1 aromatic carbocycles. The van der Waals surface area contributed by atoms with E-state index in [1.54, 1.807) is 7.11 Å².